The van der Waals surface area contributed by atoms with Crippen LogP contribution in [0, 0.1) is 5.92 Å². The van der Waals surface area contributed by atoms with Gasteiger partial charge in [0.05, 0.1) is 0 Å². The lowest BCUT2D eigenvalue weighted by Gasteiger charge is -2.33. The van der Waals surface area contributed by atoms with Crippen LogP contribution in [0.2, 0.25) is 0 Å². The van der Waals surface area contributed by atoms with E-state index in [0.29, 0.717) is 23.3 Å². The minimum atomic E-state index is -4.39. The largest absolute Gasteiger partial charge is 0.406 e. The molecule has 1 aliphatic rings. The maximum Gasteiger partial charge on any atom is 0.406 e. The first-order valence-corrected chi connectivity index (χ1v) is 7.57. The van der Waals surface area contributed by atoms with E-state index in [-0.39, 0.29) is 6.54 Å². The van der Waals surface area contributed by atoms with Gasteiger partial charge in [0.1, 0.15) is 13.1 Å². The molecule has 5 nitrogen and oxygen atoms in total. The van der Waals surface area contributed by atoms with E-state index in [1.165, 1.54) is 0 Å². The van der Waals surface area contributed by atoms with E-state index < -0.39 is 18.6 Å². The Morgan fingerprint density at radius 3 is 2.68 bits per heavy atom. The SMILES string of the molecule is CCNC(=NCC(=O)N(C)CC(F)(F)F)N1CCCC(C)C1. The summed E-state index contributed by atoms with van der Waals surface area (Å²) < 4.78 is 36.8. The molecule has 1 aliphatic heterocycles. The van der Waals surface area contributed by atoms with Gasteiger partial charge in [-0.05, 0) is 25.7 Å². The number of carbonyl (C=O) groups is 1. The number of piperidine rings is 1. The molecule has 0 aromatic rings. The molecule has 1 atom stereocenters. The molecular formula is C14H25F3N4O. The lowest BCUT2D eigenvalue weighted by Crippen LogP contribution is -2.46. The highest BCUT2D eigenvalue weighted by atomic mass is 19.4. The number of aliphatic imine (C=N–C) groups is 1. The molecule has 22 heavy (non-hydrogen) atoms. The van der Waals surface area contributed by atoms with Crippen LogP contribution < -0.4 is 5.32 Å². The summed E-state index contributed by atoms with van der Waals surface area (Å²) in [5, 5.41) is 3.10. The van der Waals surface area contributed by atoms with Crippen LogP contribution in [-0.4, -0.2) is 67.6 Å². The number of alkyl halides is 3. The van der Waals surface area contributed by atoms with Gasteiger partial charge in [-0.1, -0.05) is 6.92 Å². The topological polar surface area (TPSA) is 47.9 Å². The highest BCUT2D eigenvalue weighted by Gasteiger charge is 2.31. The smallest absolute Gasteiger partial charge is 0.357 e. The van der Waals surface area contributed by atoms with Crippen LogP contribution in [-0.2, 0) is 4.79 Å². The van der Waals surface area contributed by atoms with Crippen molar-refractivity contribution >= 4 is 11.9 Å². The van der Waals surface area contributed by atoms with Crippen LogP contribution >= 0.6 is 0 Å². The van der Waals surface area contributed by atoms with Crippen molar-refractivity contribution < 1.29 is 18.0 Å². The number of carbonyl (C=O) groups excluding carboxylic acids is 1. The summed E-state index contributed by atoms with van der Waals surface area (Å²) in [6.45, 7) is 4.88. The third-order valence-corrected chi connectivity index (χ3v) is 3.50. The number of likely N-dealkylation sites (tertiary alicyclic amines) is 1. The van der Waals surface area contributed by atoms with Gasteiger partial charge in [0.2, 0.25) is 5.91 Å². The number of nitrogens with zero attached hydrogens (tertiary/aromatic N) is 3. The summed E-state index contributed by atoms with van der Waals surface area (Å²) in [6, 6.07) is 0. The average Bonchev–Trinajstić information content (AvgIpc) is 2.41. The number of rotatable bonds is 4. The van der Waals surface area contributed by atoms with E-state index in [1.54, 1.807) is 0 Å². The molecule has 1 unspecified atom stereocenters. The van der Waals surface area contributed by atoms with Gasteiger partial charge in [-0.15, -0.1) is 0 Å². The first-order chi connectivity index (χ1) is 10.2. The number of hydrogen-bond donors (Lipinski definition) is 1. The van der Waals surface area contributed by atoms with Crippen molar-refractivity contribution in [3.8, 4) is 0 Å². The first-order valence-electron chi connectivity index (χ1n) is 7.57. The van der Waals surface area contributed by atoms with Gasteiger partial charge < -0.3 is 15.1 Å². The summed E-state index contributed by atoms with van der Waals surface area (Å²) in [5.74, 6) is 0.502. The second-order valence-electron chi connectivity index (χ2n) is 5.73. The molecule has 1 heterocycles. The molecule has 1 amide bonds. The maximum atomic E-state index is 12.3. The molecule has 0 spiro atoms. The Balaban J connectivity index is 2.63. The quantitative estimate of drug-likeness (QED) is 0.633. The average molecular weight is 322 g/mol. The number of likely N-dealkylation sites (N-methyl/N-ethyl adjacent to an activating group) is 1. The minimum absolute atomic E-state index is 0.278. The van der Waals surface area contributed by atoms with Gasteiger partial charge in [-0.3, -0.25) is 4.79 Å². The van der Waals surface area contributed by atoms with Gasteiger partial charge in [0.15, 0.2) is 5.96 Å². The zero-order valence-corrected chi connectivity index (χ0v) is 13.4. The fourth-order valence-electron chi connectivity index (χ4n) is 2.43. The van der Waals surface area contributed by atoms with Crippen molar-refractivity contribution in [2.75, 3.05) is 39.8 Å². The fourth-order valence-corrected chi connectivity index (χ4v) is 2.43. The van der Waals surface area contributed by atoms with Crippen molar-refractivity contribution in [1.29, 1.82) is 0 Å². The van der Waals surface area contributed by atoms with Crippen LogP contribution in [0.5, 0.6) is 0 Å². The predicted molar refractivity (Wildman–Crippen MR) is 79.6 cm³/mol. The van der Waals surface area contributed by atoms with Crippen LogP contribution in [0.1, 0.15) is 26.7 Å². The Hall–Kier alpha value is -1.47. The van der Waals surface area contributed by atoms with Crippen molar-refractivity contribution in [2.24, 2.45) is 10.9 Å². The standard InChI is InChI=1S/C14H25F3N4O/c1-4-18-13(21-7-5-6-11(2)9-21)19-8-12(22)20(3)10-14(15,16)17/h11H,4-10H2,1-3H3,(H,18,19). The molecule has 1 N–H and O–H groups in total. The van der Waals surface area contributed by atoms with Gasteiger partial charge >= 0.3 is 6.18 Å². The molecule has 1 rings (SSSR count). The third-order valence-electron chi connectivity index (χ3n) is 3.50. The lowest BCUT2D eigenvalue weighted by atomic mass is 10.0. The first kappa shape index (κ1) is 18.6. The number of halogens is 3. The fraction of sp³-hybridized carbons (Fsp3) is 0.857. The number of hydrogen-bond acceptors (Lipinski definition) is 2. The highest BCUT2D eigenvalue weighted by Crippen LogP contribution is 2.16. The van der Waals surface area contributed by atoms with Crippen LogP contribution in [0.25, 0.3) is 0 Å². The van der Waals surface area contributed by atoms with Crippen LogP contribution in [0.3, 0.4) is 0 Å². The second kappa shape index (κ2) is 8.24. The van der Waals surface area contributed by atoms with Gasteiger partial charge in [-0.2, -0.15) is 13.2 Å². The Labute approximate surface area is 129 Å². The molecule has 0 bridgehead atoms. The summed E-state index contributed by atoms with van der Waals surface area (Å²) in [5.41, 5.74) is 0. The second-order valence-corrected chi connectivity index (χ2v) is 5.73. The molecule has 0 aromatic heterocycles. The lowest BCUT2D eigenvalue weighted by molar-refractivity contribution is -0.157. The zero-order valence-electron chi connectivity index (χ0n) is 13.4. The summed E-state index contributed by atoms with van der Waals surface area (Å²) in [7, 11) is 1.14. The number of amides is 1. The molecular weight excluding hydrogens is 297 g/mol. The monoisotopic (exact) mass is 322 g/mol. The Morgan fingerprint density at radius 1 is 1.45 bits per heavy atom. The Morgan fingerprint density at radius 2 is 2.14 bits per heavy atom. The third kappa shape index (κ3) is 6.53. The van der Waals surface area contributed by atoms with E-state index in [4.69, 9.17) is 0 Å². The maximum absolute atomic E-state index is 12.3. The molecule has 1 saturated heterocycles. The molecule has 128 valence electrons. The molecule has 0 radical (unpaired) electrons. The van der Waals surface area contributed by atoms with E-state index in [2.05, 4.69) is 22.1 Å². The van der Waals surface area contributed by atoms with E-state index in [1.807, 2.05) is 6.92 Å². The summed E-state index contributed by atoms with van der Waals surface area (Å²) in [4.78, 5) is 18.7. The van der Waals surface area contributed by atoms with E-state index in [0.717, 1.165) is 33.0 Å². The molecule has 0 aromatic carbocycles. The van der Waals surface area contributed by atoms with Gasteiger partial charge in [-0.25, -0.2) is 4.99 Å². The minimum Gasteiger partial charge on any atom is -0.357 e. The highest BCUT2D eigenvalue weighted by molar-refractivity contribution is 5.85. The van der Waals surface area contributed by atoms with Crippen molar-refractivity contribution in [3.05, 3.63) is 0 Å². The molecule has 1 fully saturated rings. The van der Waals surface area contributed by atoms with Gasteiger partial charge in [0, 0.05) is 26.7 Å². The number of guanidine groups is 1. The zero-order chi connectivity index (χ0) is 16.8. The van der Waals surface area contributed by atoms with Crippen molar-refractivity contribution in [3.63, 3.8) is 0 Å². The summed E-state index contributed by atoms with van der Waals surface area (Å²) >= 11 is 0. The summed E-state index contributed by atoms with van der Waals surface area (Å²) in [6.07, 6.45) is -2.18. The molecule has 8 heteroatoms. The van der Waals surface area contributed by atoms with E-state index in [9.17, 15) is 18.0 Å². The van der Waals surface area contributed by atoms with Gasteiger partial charge in [0.25, 0.3) is 0 Å². The molecule has 0 saturated carbocycles. The number of nitrogens with one attached hydrogen (secondary N) is 1. The van der Waals surface area contributed by atoms with E-state index >= 15 is 0 Å². The van der Waals surface area contributed by atoms with Crippen molar-refractivity contribution in [2.45, 2.75) is 32.9 Å². The van der Waals surface area contributed by atoms with Crippen LogP contribution in [0.15, 0.2) is 4.99 Å². The Bertz CT molecular complexity index is 398. The van der Waals surface area contributed by atoms with Crippen LogP contribution in [0.4, 0.5) is 13.2 Å². The molecule has 0 aliphatic carbocycles. The van der Waals surface area contributed by atoms with Crippen molar-refractivity contribution in [1.82, 2.24) is 15.1 Å². The predicted octanol–water partition coefficient (Wildman–Crippen LogP) is 1.70. The Kier molecular flexibility index (Phi) is 6.96. The normalized spacial score (nSPS) is 20.0.